The van der Waals surface area contributed by atoms with Gasteiger partial charge in [0.25, 0.3) is 21.4 Å². The van der Waals surface area contributed by atoms with Crippen LogP contribution in [0.1, 0.15) is 5.69 Å². The Morgan fingerprint density at radius 1 is 1.23 bits per heavy atom. The van der Waals surface area contributed by atoms with E-state index >= 15 is 0 Å². The predicted molar refractivity (Wildman–Crippen MR) is 73.9 cm³/mol. The molecule has 12 heteroatoms. The zero-order valence-corrected chi connectivity index (χ0v) is 11.8. The molecule has 0 saturated heterocycles. The van der Waals surface area contributed by atoms with Crippen molar-refractivity contribution in [2.45, 2.75) is 11.8 Å². The van der Waals surface area contributed by atoms with Crippen molar-refractivity contribution in [2.75, 3.05) is 4.72 Å². The van der Waals surface area contributed by atoms with Gasteiger partial charge in [-0.3, -0.25) is 30.0 Å². The highest BCUT2D eigenvalue weighted by Crippen LogP contribution is 2.29. The van der Waals surface area contributed by atoms with Crippen LogP contribution in [-0.4, -0.2) is 28.5 Å². The number of nitrogens with zero attached hydrogens (tertiary/aromatic N) is 3. The highest BCUT2D eigenvalue weighted by Gasteiger charge is 2.29. The van der Waals surface area contributed by atoms with Crippen LogP contribution in [0.5, 0.6) is 0 Å². The third-order valence-electron chi connectivity index (χ3n) is 2.71. The van der Waals surface area contributed by atoms with Crippen LogP contribution in [0, 0.1) is 27.2 Å². The lowest BCUT2D eigenvalue weighted by Crippen LogP contribution is -2.15. The van der Waals surface area contributed by atoms with Gasteiger partial charge in [0.15, 0.2) is 4.90 Å². The van der Waals surface area contributed by atoms with Crippen LogP contribution in [-0.2, 0) is 10.0 Å². The number of nitro groups is 2. The summed E-state index contributed by atoms with van der Waals surface area (Å²) in [6, 6.07) is 2.29. The lowest BCUT2D eigenvalue weighted by Gasteiger charge is -2.07. The molecule has 2 N–H and O–H groups in total. The molecule has 0 aliphatic rings. The molecule has 0 bridgehead atoms. The maximum absolute atomic E-state index is 12.2. The van der Waals surface area contributed by atoms with Crippen molar-refractivity contribution in [3.05, 3.63) is 50.3 Å². The molecule has 116 valence electrons. The summed E-state index contributed by atoms with van der Waals surface area (Å²) < 4.78 is 26.6. The Hall–Kier alpha value is -3.02. The van der Waals surface area contributed by atoms with Crippen molar-refractivity contribution < 1.29 is 18.3 Å². The molecule has 0 atom stereocenters. The second kappa shape index (κ2) is 5.40. The van der Waals surface area contributed by atoms with Gasteiger partial charge in [0, 0.05) is 12.3 Å². The molecule has 0 aliphatic carbocycles. The van der Waals surface area contributed by atoms with Crippen molar-refractivity contribution in [3.8, 4) is 0 Å². The topological polar surface area (TPSA) is 161 Å². The van der Waals surface area contributed by atoms with Gasteiger partial charge in [0.1, 0.15) is 0 Å². The Morgan fingerprint density at radius 3 is 2.41 bits per heavy atom. The van der Waals surface area contributed by atoms with E-state index in [9.17, 15) is 28.6 Å². The summed E-state index contributed by atoms with van der Waals surface area (Å²) >= 11 is 0. The lowest BCUT2D eigenvalue weighted by molar-refractivity contribution is -0.396. The SMILES string of the molecule is Cc1n[nH]cc1NS(=O)(=O)c1ccc([N+](=O)[O-])cc1[N+](=O)[O-]. The zero-order chi connectivity index (χ0) is 16.5. The first-order chi connectivity index (χ1) is 10.2. The molecule has 0 radical (unpaired) electrons. The molecule has 1 aromatic carbocycles. The minimum atomic E-state index is -4.30. The highest BCUT2D eigenvalue weighted by atomic mass is 32.2. The second-order valence-corrected chi connectivity index (χ2v) is 5.81. The number of aromatic nitrogens is 2. The molecule has 0 fully saturated rings. The Bertz CT molecular complexity index is 858. The number of aryl methyl sites for hydroxylation is 1. The minimum absolute atomic E-state index is 0.118. The number of hydrogen-bond donors (Lipinski definition) is 2. The Morgan fingerprint density at radius 2 is 1.91 bits per heavy atom. The molecule has 0 amide bonds. The first-order valence-corrected chi connectivity index (χ1v) is 7.16. The van der Waals surface area contributed by atoms with Crippen molar-refractivity contribution in [1.29, 1.82) is 0 Å². The molecular weight excluding hydrogens is 318 g/mol. The summed E-state index contributed by atoms with van der Waals surface area (Å²) in [6.07, 6.45) is 1.27. The summed E-state index contributed by atoms with van der Waals surface area (Å²) in [5, 5.41) is 27.8. The van der Waals surface area contributed by atoms with E-state index < -0.39 is 36.1 Å². The molecule has 0 saturated carbocycles. The number of nitro benzene ring substituents is 2. The van der Waals surface area contributed by atoms with Crippen molar-refractivity contribution in [2.24, 2.45) is 0 Å². The van der Waals surface area contributed by atoms with Gasteiger partial charge in [-0.15, -0.1) is 0 Å². The summed E-state index contributed by atoms with van der Waals surface area (Å²) in [6.45, 7) is 1.53. The highest BCUT2D eigenvalue weighted by molar-refractivity contribution is 7.92. The molecule has 0 unspecified atom stereocenters. The van der Waals surface area contributed by atoms with Gasteiger partial charge >= 0.3 is 0 Å². The number of hydrogen-bond acceptors (Lipinski definition) is 7. The van der Waals surface area contributed by atoms with Crippen molar-refractivity contribution in [3.63, 3.8) is 0 Å². The molecule has 2 aromatic rings. The summed E-state index contributed by atoms with van der Waals surface area (Å²) in [5.41, 5.74) is -1.01. The number of H-pyrrole nitrogens is 1. The fraction of sp³-hybridized carbons (Fsp3) is 0.100. The van der Waals surface area contributed by atoms with Gasteiger partial charge in [0.05, 0.1) is 27.3 Å². The molecule has 1 heterocycles. The molecule has 11 nitrogen and oxygen atoms in total. The molecule has 22 heavy (non-hydrogen) atoms. The number of sulfonamides is 1. The molecule has 0 spiro atoms. The quantitative estimate of drug-likeness (QED) is 0.618. The van der Waals surface area contributed by atoms with E-state index in [1.165, 1.54) is 13.1 Å². The standard InChI is InChI=1S/C10H9N5O6S/c1-6-8(5-11-12-6)13-22(20,21)10-3-2-7(14(16)17)4-9(10)15(18)19/h2-5,13H,1H3,(H,11,12). The maximum atomic E-state index is 12.2. The van der Waals surface area contributed by atoms with Gasteiger partial charge in [-0.1, -0.05) is 0 Å². The van der Waals surface area contributed by atoms with Gasteiger partial charge in [-0.25, -0.2) is 8.42 Å². The van der Waals surface area contributed by atoms with E-state index in [-0.39, 0.29) is 5.69 Å². The second-order valence-electron chi connectivity index (χ2n) is 4.16. The van der Waals surface area contributed by atoms with Crippen LogP contribution in [0.3, 0.4) is 0 Å². The summed E-state index contributed by atoms with van der Waals surface area (Å²) in [5.74, 6) is 0. The number of non-ortho nitro benzene ring substituents is 1. The van der Waals surface area contributed by atoms with Gasteiger partial charge in [-0.2, -0.15) is 5.10 Å². The minimum Gasteiger partial charge on any atom is -0.283 e. The van der Waals surface area contributed by atoms with E-state index in [4.69, 9.17) is 0 Å². The van der Waals surface area contributed by atoms with Crippen LogP contribution >= 0.6 is 0 Å². The smallest absolute Gasteiger partial charge is 0.283 e. The van der Waals surface area contributed by atoms with Crippen molar-refractivity contribution in [1.82, 2.24) is 10.2 Å². The fourth-order valence-electron chi connectivity index (χ4n) is 1.65. The molecule has 0 aliphatic heterocycles. The largest absolute Gasteiger partial charge is 0.296 e. The lowest BCUT2D eigenvalue weighted by atomic mass is 10.3. The van der Waals surface area contributed by atoms with Crippen LogP contribution in [0.25, 0.3) is 0 Å². The molecular formula is C10H9N5O6S. The van der Waals surface area contributed by atoms with E-state index in [1.54, 1.807) is 0 Å². The Labute approximate surface area is 123 Å². The van der Waals surface area contributed by atoms with Crippen LogP contribution in [0.15, 0.2) is 29.3 Å². The summed E-state index contributed by atoms with van der Waals surface area (Å²) in [7, 11) is -4.30. The number of rotatable bonds is 5. The number of aromatic amines is 1. The van der Waals surface area contributed by atoms with Gasteiger partial charge < -0.3 is 0 Å². The average molecular weight is 327 g/mol. The van der Waals surface area contributed by atoms with E-state index in [1.807, 2.05) is 0 Å². The molecule has 1 aromatic heterocycles. The maximum Gasteiger partial charge on any atom is 0.296 e. The Kier molecular flexibility index (Phi) is 3.77. The monoisotopic (exact) mass is 327 g/mol. The Balaban J connectivity index is 2.53. The number of anilines is 1. The third kappa shape index (κ3) is 2.85. The van der Waals surface area contributed by atoms with Crippen LogP contribution < -0.4 is 4.72 Å². The fourth-order valence-corrected chi connectivity index (χ4v) is 2.91. The number of benzene rings is 1. The van der Waals surface area contributed by atoms with Gasteiger partial charge in [-0.05, 0) is 13.0 Å². The van der Waals surface area contributed by atoms with Gasteiger partial charge in [0.2, 0.25) is 0 Å². The first kappa shape index (κ1) is 15.4. The summed E-state index contributed by atoms with van der Waals surface area (Å²) in [4.78, 5) is 19.1. The average Bonchev–Trinajstić information content (AvgIpc) is 2.82. The number of nitrogens with one attached hydrogen (secondary N) is 2. The predicted octanol–water partition coefficient (Wildman–Crippen LogP) is 1.34. The van der Waals surface area contributed by atoms with E-state index in [0.29, 0.717) is 11.8 Å². The zero-order valence-electron chi connectivity index (χ0n) is 11.0. The third-order valence-corrected chi connectivity index (χ3v) is 4.13. The molecule has 2 rings (SSSR count). The first-order valence-electron chi connectivity index (χ1n) is 5.68. The van der Waals surface area contributed by atoms with Crippen LogP contribution in [0.2, 0.25) is 0 Å². The van der Waals surface area contributed by atoms with Crippen LogP contribution in [0.4, 0.5) is 17.1 Å². The normalized spacial score (nSPS) is 11.1. The van der Waals surface area contributed by atoms with Crippen molar-refractivity contribution >= 4 is 27.1 Å². The van der Waals surface area contributed by atoms with E-state index in [0.717, 1.165) is 12.1 Å². The van der Waals surface area contributed by atoms with E-state index in [2.05, 4.69) is 14.9 Å².